The summed E-state index contributed by atoms with van der Waals surface area (Å²) in [4.78, 5) is 8.81. The topological polar surface area (TPSA) is 96.6 Å². The molecular formula is C20H23F3N6O2. The van der Waals surface area contributed by atoms with E-state index in [4.69, 9.17) is 4.74 Å². The van der Waals surface area contributed by atoms with E-state index in [0.29, 0.717) is 24.1 Å². The molecule has 2 unspecified atom stereocenters. The molecule has 0 amide bonds. The molecule has 3 aromatic rings. The minimum absolute atomic E-state index is 0.208. The number of imidazole rings is 1. The van der Waals surface area contributed by atoms with Crippen molar-refractivity contribution in [1.82, 2.24) is 24.9 Å². The van der Waals surface area contributed by atoms with Crippen molar-refractivity contribution in [2.24, 2.45) is 0 Å². The van der Waals surface area contributed by atoms with Crippen molar-refractivity contribution >= 4 is 11.5 Å². The van der Waals surface area contributed by atoms with Crippen LogP contribution in [0.25, 0.3) is 17.0 Å². The molecule has 166 valence electrons. The van der Waals surface area contributed by atoms with Crippen LogP contribution in [0.1, 0.15) is 25.5 Å². The number of nitrogens with zero attached hydrogens (tertiary/aromatic N) is 4. The van der Waals surface area contributed by atoms with Crippen molar-refractivity contribution in [2.45, 2.75) is 37.6 Å². The Morgan fingerprint density at radius 3 is 2.81 bits per heavy atom. The molecule has 2 atom stereocenters. The highest BCUT2D eigenvalue weighted by atomic mass is 19.4. The molecule has 0 bridgehead atoms. The van der Waals surface area contributed by atoms with E-state index in [1.807, 2.05) is 6.07 Å². The summed E-state index contributed by atoms with van der Waals surface area (Å²) in [6, 6.07) is 6.91. The second kappa shape index (κ2) is 7.97. The number of piperidine rings is 1. The number of aromatic nitrogens is 4. The number of rotatable bonds is 5. The summed E-state index contributed by atoms with van der Waals surface area (Å²) in [6.45, 7) is 2.46. The third kappa shape index (κ3) is 4.02. The molecule has 31 heavy (non-hydrogen) atoms. The zero-order valence-corrected chi connectivity index (χ0v) is 17.1. The number of aliphatic hydroxyl groups is 1. The van der Waals surface area contributed by atoms with Crippen LogP contribution in [0, 0.1) is 0 Å². The van der Waals surface area contributed by atoms with E-state index >= 15 is 0 Å². The lowest BCUT2D eigenvalue weighted by Crippen LogP contribution is -2.40. The number of ether oxygens (including phenoxy) is 1. The summed E-state index contributed by atoms with van der Waals surface area (Å²) < 4.78 is 46.7. The predicted octanol–water partition coefficient (Wildman–Crippen LogP) is 2.73. The number of hydrogen-bond donors (Lipinski definition) is 3. The van der Waals surface area contributed by atoms with Crippen LogP contribution in [0.4, 0.5) is 19.0 Å². The zero-order chi connectivity index (χ0) is 22.2. The van der Waals surface area contributed by atoms with Crippen molar-refractivity contribution < 1.29 is 23.0 Å². The Labute approximate surface area is 176 Å². The molecule has 4 heterocycles. The minimum atomic E-state index is -4.95. The Morgan fingerprint density at radius 2 is 2.13 bits per heavy atom. The number of pyridine rings is 1. The first kappa shape index (κ1) is 21.3. The first-order valence-electron chi connectivity index (χ1n) is 9.88. The number of halogens is 3. The molecule has 8 nitrogen and oxygen atoms in total. The summed E-state index contributed by atoms with van der Waals surface area (Å²) in [5.74, 6) is 0.442. The number of alkyl halides is 3. The summed E-state index contributed by atoms with van der Waals surface area (Å²) in [5, 5.41) is 20.9. The quantitative estimate of drug-likeness (QED) is 0.566. The van der Waals surface area contributed by atoms with Crippen LogP contribution < -0.4 is 15.4 Å². The summed E-state index contributed by atoms with van der Waals surface area (Å²) in [7, 11) is 1.21. The van der Waals surface area contributed by atoms with Gasteiger partial charge in [0, 0.05) is 18.7 Å². The van der Waals surface area contributed by atoms with Gasteiger partial charge in [0.05, 0.1) is 19.0 Å². The number of nitrogens with one attached hydrogen (secondary N) is 2. The molecule has 1 aliphatic rings. The fraction of sp³-hybridized carbons (Fsp3) is 0.450. The van der Waals surface area contributed by atoms with Gasteiger partial charge < -0.3 is 20.5 Å². The molecule has 0 radical (unpaired) electrons. The average molecular weight is 436 g/mol. The van der Waals surface area contributed by atoms with Gasteiger partial charge in [0.1, 0.15) is 23.0 Å². The maximum Gasteiger partial charge on any atom is 0.422 e. The van der Waals surface area contributed by atoms with Crippen LogP contribution >= 0.6 is 0 Å². The van der Waals surface area contributed by atoms with Crippen molar-refractivity contribution in [1.29, 1.82) is 0 Å². The van der Waals surface area contributed by atoms with Crippen molar-refractivity contribution in [2.75, 3.05) is 25.5 Å². The van der Waals surface area contributed by atoms with Gasteiger partial charge in [-0.25, -0.2) is 14.5 Å². The van der Waals surface area contributed by atoms with Gasteiger partial charge in [-0.2, -0.15) is 18.3 Å². The molecular weight excluding hydrogens is 413 g/mol. The number of methoxy groups -OCH3 is 1. The highest BCUT2D eigenvalue weighted by molar-refractivity contribution is 5.62. The Hall–Kier alpha value is -2.92. The maximum absolute atomic E-state index is 13.5. The second-order valence-corrected chi connectivity index (χ2v) is 7.64. The van der Waals surface area contributed by atoms with Gasteiger partial charge in [0.15, 0.2) is 5.65 Å². The smallest absolute Gasteiger partial charge is 0.422 e. The van der Waals surface area contributed by atoms with E-state index in [0.717, 1.165) is 25.9 Å². The van der Waals surface area contributed by atoms with Gasteiger partial charge in [-0.15, -0.1) is 0 Å². The van der Waals surface area contributed by atoms with Crippen LogP contribution in [-0.4, -0.2) is 57.1 Å². The first-order chi connectivity index (χ1) is 14.7. The summed E-state index contributed by atoms with van der Waals surface area (Å²) >= 11 is 0. The molecule has 3 N–H and O–H groups in total. The van der Waals surface area contributed by atoms with E-state index < -0.39 is 17.5 Å². The first-order valence-corrected chi connectivity index (χ1v) is 9.88. The molecule has 1 saturated heterocycles. The molecule has 0 saturated carbocycles. The summed E-state index contributed by atoms with van der Waals surface area (Å²) in [5.41, 5.74) is -2.72. The fourth-order valence-corrected chi connectivity index (χ4v) is 3.54. The summed E-state index contributed by atoms with van der Waals surface area (Å²) in [6.07, 6.45) is -1.38. The lowest BCUT2D eigenvalue weighted by molar-refractivity contribution is -0.261. The lowest BCUT2D eigenvalue weighted by atomic mass is 10.0. The van der Waals surface area contributed by atoms with E-state index in [9.17, 15) is 18.3 Å². The zero-order valence-electron chi connectivity index (χ0n) is 17.1. The molecule has 3 aromatic heterocycles. The third-order valence-electron chi connectivity index (χ3n) is 5.35. The van der Waals surface area contributed by atoms with Crippen LogP contribution in [0.15, 0.2) is 30.5 Å². The van der Waals surface area contributed by atoms with E-state index in [1.54, 1.807) is 12.1 Å². The number of anilines is 1. The normalized spacial score (nSPS) is 19.2. The molecule has 4 rings (SSSR count). The molecule has 0 aliphatic carbocycles. The van der Waals surface area contributed by atoms with E-state index in [2.05, 4.69) is 25.7 Å². The van der Waals surface area contributed by atoms with Gasteiger partial charge in [-0.1, -0.05) is 6.07 Å². The SMILES string of the molecule is COc1cc2ncc(-c3cccc(NC4CCCNC4)n3)n2nc1C(C)(O)C(F)(F)F. The molecule has 0 spiro atoms. The highest BCUT2D eigenvalue weighted by Crippen LogP contribution is 2.41. The predicted molar refractivity (Wildman–Crippen MR) is 108 cm³/mol. The second-order valence-electron chi connectivity index (χ2n) is 7.64. The van der Waals surface area contributed by atoms with Crippen LogP contribution in [0.3, 0.4) is 0 Å². The Morgan fingerprint density at radius 1 is 1.32 bits per heavy atom. The number of hydrogen-bond acceptors (Lipinski definition) is 7. The van der Waals surface area contributed by atoms with Crippen LogP contribution in [0.2, 0.25) is 0 Å². The third-order valence-corrected chi connectivity index (χ3v) is 5.35. The highest BCUT2D eigenvalue weighted by Gasteiger charge is 2.54. The molecule has 11 heteroatoms. The van der Waals surface area contributed by atoms with Crippen molar-refractivity contribution in [3.8, 4) is 17.1 Å². The van der Waals surface area contributed by atoms with Crippen molar-refractivity contribution in [3.63, 3.8) is 0 Å². The molecule has 1 aliphatic heterocycles. The fourth-order valence-electron chi connectivity index (χ4n) is 3.54. The van der Waals surface area contributed by atoms with E-state index in [1.165, 1.54) is 23.9 Å². The molecule has 1 fully saturated rings. The van der Waals surface area contributed by atoms with E-state index in [-0.39, 0.29) is 17.4 Å². The van der Waals surface area contributed by atoms with Crippen LogP contribution in [-0.2, 0) is 5.60 Å². The molecule has 0 aromatic carbocycles. The Bertz CT molecular complexity index is 1080. The average Bonchev–Trinajstić information content (AvgIpc) is 3.16. The van der Waals surface area contributed by atoms with Crippen molar-refractivity contribution in [3.05, 3.63) is 36.2 Å². The van der Waals surface area contributed by atoms with Gasteiger partial charge >= 0.3 is 6.18 Å². The number of fused-ring (bicyclic) bond motifs is 1. The largest absolute Gasteiger partial charge is 0.495 e. The lowest BCUT2D eigenvalue weighted by Gasteiger charge is -2.26. The monoisotopic (exact) mass is 436 g/mol. The van der Waals surface area contributed by atoms with Gasteiger partial charge in [0.2, 0.25) is 5.60 Å². The standard InChI is InChI=1S/C20H23F3N6O2/c1-19(30,20(21,22)23)18-15(31-2)9-17-25-11-14(29(17)28-18)13-6-3-7-16(27-13)26-12-5-4-8-24-10-12/h3,6-7,9,11-12,24,30H,4-5,8,10H2,1-2H3,(H,26,27). The van der Waals surface area contributed by atoms with Gasteiger partial charge in [-0.05, 0) is 38.4 Å². The maximum atomic E-state index is 13.5. The van der Waals surface area contributed by atoms with Gasteiger partial charge in [0.25, 0.3) is 0 Å². The Balaban J connectivity index is 1.75. The van der Waals surface area contributed by atoms with Crippen LogP contribution in [0.5, 0.6) is 5.75 Å². The Kier molecular flexibility index (Phi) is 5.48. The minimum Gasteiger partial charge on any atom is -0.495 e. The van der Waals surface area contributed by atoms with Gasteiger partial charge in [-0.3, -0.25) is 0 Å².